The first-order chi connectivity index (χ1) is 12.9. The Labute approximate surface area is 166 Å². The molecule has 140 valence electrons. The average molecular weight is 429 g/mol. The number of nitrogens with one attached hydrogen (secondary N) is 1. The Bertz CT molecular complexity index is 875. The van der Waals surface area contributed by atoms with Gasteiger partial charge in [0.15, 0.2) is 0 Å². The Hall–Kier alpha value is -1.95. The van der Waals surface area contributed by atoms with Crippen molar-refractivity contribution in [2.24, 2.45) is 35.5 Å². The molecule has 0 spiro atoms. The lowest BCUT2D eigenvalue weighted by atomic mass is 9.63. The quantitative estimate of drug-likeness (QED) is 0.593. The van der Waals surface area contributed by atoms with Gasteiger partial charge in [-0.3, -0.25) is 19.3 Å². The highest BCUT2D eigenvalue weighted by Crippen LogP contribution is 2.65. The van der Waals surface area contributed by atoms with Crippen molar-refractivity contribution in [1.29, 1.82) is 0 Å². The Morgan fingerprint density at radius 3 is 2.30 bits per heavy atom. The van der Waals surface area contributed by atoms with E-state index in [0.717, 1.165) is 16.5 Å². The number of likely N-dealkylation sites (tertiary alicyclic amines) is 1. The van der Waals surface area contributed by atoms with E-state index in [1.807, 2.05) is 25.1 Å². The molecular formula is C21H21BrN2O3. The van der Waals surface area contributed by atoms with Gasteiger partial charge in [0.1, 0.15) is 6.04 Å². The molecule has 27 heavy (non-hydrogen) atoms. The summed E-state index contributed by atoms with van der Waals surface area (Å²) < 4.78 is 0.932. The van der Waals surface area contributed by atoms with Crippen molar-refractivity contribution < 1.29 is 14.4 Å². The zero-order chi connectivity index (χ0) is 19.0. The number of nitrogens with zero attached hydrogens (tertiary/aromatic N) is 1. The van der Waals surface area contributed by atoms with Crippen LogP contribution in [-0.2, 0) is 14.4 Å². The molecule has 1 aromatic rings. The van der Waals surface area contributed by atoms with Gasteiger partial charge in [0.2, 0.25) is 17.7 Å². The fraction of sp³-hybridized carbons (Fsp3) is 0.476. The van der Waals surface area contributed by atoms with Crippen LogP contribution in [0.2, 0.25) is 0 Å². The molecule has 0 aromatic heterocycles. The van der Waals surface area contributed by atoms with Gasteiger partial charge in [-0.15, -0.1) is 0 Å². The van der Waals surface area contributed by atoms with Gasteiger partial charge in [0, 0.05) is 10.2 Å². The van der Waals surface area contributed by atoms with E-state index in [4.69, 9.17) is 0 Å². The molecule has 5 aliphatic rings. The lowest BCUT2D eigenvalue weighted by Gasteiger charge is -2.37. The normalized spacial score (nSPS) is 36.5. The van der Waals surface area contributed by atoms with Crippen LogP contribution in [0.4, 0.5) is 5.69 Å². The van der Waals surface area contributed by atoms with Crippen molar-refractivity contribution in [3.63, 3.8) is 0 Å². The van der Waals surface area contributed by atoms with E-state index >= 15 is 0 Å². The van der Waals surface area contributed by atoms with Crippen molar-refractivity contribution >= 4 is 39.3 Å². The molecule has 6 heteroatoms. The number of benzene rings is 1. The van der Waals surface area contributed by atoms with Gasteiger partial charge < -0.3 is 5.32 Å². The minimum absolute atomic E-state index is 0.162. The van der Waals surface area contributed by atoms with Crippen LogP contribution in [0, 0.1) is 42.4 Å². The third-order valence-corrected chi connectivity index (χ3v) is 7.40. The molecule has 1 N–H and O–H groups in total. The maximum absolute atomic E-state index is 13.1. The lowest BCUT2D eigenvalue weighted by molar-refractivity contribution is -0.146. The van der Waals surface area contributed by atoms with Crippen LogP contribution in [0.15, 0.2) is 34.8 Å². The molecule has 0 radical (unpaired) electrons. The van der Waals surface area contributed by atoms with Crippen LogP contribution in [0.3, 0.4) is 0 Å². The van der Waals surface area contributed by atoms with Gasteiger partial charge in [0.05, 0.1) is 11.8 Å². The molecule has 3 amide bonds. The highest BCUT2D eigenvalue weighted by Gasteiger charge is 2.67. The van der Waals surface area contributed by atoms with Crippen molar-refractivity contribution in [2.75, 3.05) is 5.32 Å². The Balaban J connectivity index is 1.38. The van der Waals surface area contributed by atoms with Crippen LogP contribution in [0.5, 0.6) is 0 Å². The first-order valence-electron chi connectivity index (χ1n) is 9.50. The van der Waals surface area contributed by atoms with Gasteiger partial charge >= 0.3 is 0 Å². The fourth-order valence-corrected chi connectivity index (χ4v) is 5.96. The first kappa shape index (κ1) is 17.2. The number of amides is 3. The minimum Gasteiger partial charge on any atom is -0.324 e. The maximum Gasteiger partial charge on any atom is 0.247 e. The third-order valence-electron chi connectivity index (χ3n) is 6.91. The largest absolute Gasteiger partial charge is 0.324 e. The summed E-state index contributed by atoms with van der Waals surface area (Å²) >= 11 is 3.41. The molecule has 1 aromatic carbocycles. The molecule has 1 aliphatic heterocycles. The Kier molecular flexibility index (Phi) is 3.67. The van der Waals surface area contributed by atoms with Crippen LogP contribution in [0.25, 0.3) is 0 Å². The summed E-state index contributed by atoms with van der Waals surface area (Å²) in [5.74, 6) is 0.300. The summed E-state index contributed by atoms with van der Waals surface area (Å²) in [7, 11) is 0. The Morgan fingerprint density at radius 1 is 1.15 bits per heavy atom. The van der Waals surface area contributed by atoms with E-state index in [0.29, 0.717) is 17.5 Å². The van der Waals surface area contributed by atoms with E-state index in [1.54, 1.807) is 6.92 Å². The zero-order valence-corrected chi connectivity index (χ0v) is 16.8. The molecule has 1 heterocycles. The minimum atomic E-state index is -0.811. The number of anilines is 1. The molecule has 3 fully saturated rings. The molecule has 6 rings (SSSR count). The average Bonchev–Trinajstić information content (AvgIpc) is 3.41. The first-order valence-corrected chi connectivity index (χ1v) is 10.3. The van der Waals surface area contributed by atoms with Crippen molar-refractivity contribution in [2.45, 2.75) is 26.3 Å². The van der Waals surface area contributed by atoms with Gasteiger partial charge in [-0.2, -0.15) is 0 Å². The summed E-state index contributed by atoms with van der Waals surface area (Å²) in [5, 5.41) is 2.87. The van der Waals surface area contributed by atoms with Gasteiger partial charge in [-0.05, 0) is 67.7 Å². The standard InChI is InChI=1S/C21H21BrN2O3/c1-9-7-11(22)3-6-16(9)23-19(25)10(2)24-20(26)17-12-4-5-13(15-8-14(12)15)18(17)21(24)27/h3-7,10,12-15,17-18H,8H2,1-2H3,(H,23,25). The van der Waals surface area contributed by atoms with E-state index in [2.05, 4.69) is 33.4 Å². The molecular weight excluding hydrogens is 408 g/mol. The number of carbonyl (C=O) groups excluding carboxylic acids is 3. The van der Waals surface area contributed by atoms with Gasteiger partial charge in [-0.25, -0.2) is 0 Å². The van der Waals surface area contributed by atoms with Crippen LogP contribution in [0.1, 0.15) is 18.9 Å². The molecule has 1 saturated heterocycles. The lowest BCUT2D eigenvalue weighted by Crippen LogP contribution is -2.46. The van der Waals surface area contributed by atoms with E-state index in [-0.39, 0.29) is 41.4 Å². The highest BCUT2D eigenvalue weighted by molar-refractivity contribution is 9.10. The predicted octanol–water partition coefficient (Wildman–Crippen LogP) is 3.14. The highest BCUT2D eigenvalue weighted by atomic mass is 79.9. The number of allylic oxidation sites excluding steroid dienone is 2. The maximum atomic E-state index is 13.1. The summed E-state index contributed by atoms with van der Waals surface area (Å²) in [6, 6.07) is 4.77. The molecule has 2 bridgehead atoms. The zero-order valence-electron chi connectivity index (χ0n) is 15.2. The van der Waals surface area contributed by atoms with E-state index < -0.39 is 6.04 Å². The van der Waals surface area contributed by atoms with Gasteiger partial charge in [-0.1, -0.05) is 28.1 Å². The SMILES string of the molecule is Cc1cc(Br)ccc1NC(=O)C(C)N1C(=O)C2C3C=CC(C4CC34)C2C1=O. The van der Waals surface area contributed by atoms with Crippen LogP contribution < -0.4 is 5.32 Å². The summed E-state index contributed by atoms with van der Waals surface area (Å²) in [5.41, 5.74) is 1.61. The number of hydrogen-bond acceptors (Lipinski definition) is 3. The molecule has 5 nitrogen and oxygen atoms in total. The van der Waals surface area contributed by atoms with E-state index in [9.17, 15) is 14.4 Å². The molecule has 4 aliphatic carbocycles. The number of imide groups is 1. The predicted molar refractivity (Wildman–Crippen MR) is 104 cm³/mol. The van der Waals surface area contributed by atoms with E-state index in [1.165, 1.54) is 4.90 Å². The van der Waals surface area contributed by atoms with Crippen molar-refractivity contribution in [3.8, 4) is 0 Å². The summed E-state index contributed by atoms with van der Waals surface area (Å²) in [6.07, 6.45) is 5.42. The molecule has 2 saturated carbocycles. The number of hydrogen-bond donors (Lipinski definition) is 1. The van der Waals surface area contributed by atoms with Crippen LogP contribution >= 0.6 is 15.9 Å². The monoisotopic (exact) mass is 428 g/mol. The Morgan fingerprint density at radius 2 is 1.74 bits per heavy atom. The third kappa shape index (κ3) is 2.38. The topological polar surface area (TPSA) is 66.5 Å². The second-order valence-corrected chi connectivity index (χ2v) is 9.24. The molecule has 7 atom stereocenters. The smallest absolute Gasteiger partial charge is 0.247 e. The number of aryl methyl sites for hydroxylation is 1. The van der Waals surface area contributed by atoms with Crippen molar-refractivity contribution in [1.82, 2.24) is 4.90 Å². The second-order valence-electron chi connectivity index (χ2n) is 8.33. The fourth-order valence-electron chi connectivity index (χ4n) is 5.48. The number of carbonyl (C=O) groups is 3. The summed E-state index contributed by atoms with van der Waals surface area (Å²) in [6.45, 7) is 3.55. The number of rotatable bonds is 3. The molecule has 7 unspecified atom stereocenters. The number of halogens is 1. The van der Waals surface area contributed by atoms with Crippen LogP contribution in [-0.4, -0.2) is 28.7 Å². The summed E-state index contributed by atoms with van der Waals surface area (Å²) in [4.78, 5) is 40.2. The van der Waals surface area contributed by atoms with Gasteiger partial charge in [0.25, 0.3) is 0 Å². The second kappa shape index (κ2) is 5.77. The van der Waals surface area contributed by atoms with Crippen molar-refractivity contribution in [3.05, 3.63) is 40.4 Å².